The predicted molar refractivity (Wildman–Crippen MR) is 88.6 cm³/mol. The fourth-order valence-electron chi connectivity index (χ4n) is 3.40. The van der Waals surface area contributed by atoms with Gasteiger partial charge in [0.2, 0.25) is 5.41 Å². The summed E-state index contributed by atoms with van der Waals surface area (Å²) in [4.78, 5) is 0. The Morgan fingerprint density at radius 1 is 0.485 bits per heavy atom. The zero-order chi connectivity index (χ0) is 25.9. The number of hydrogen-bond acceptors (Lipinski definition) is 2. The first-order valence-electron chi connectivity index (χ1n) is 8.52. The van der Waals surface area contributed by atoms with E-state index in [1.54, 1.807) is 0 Å². The summed E-state index contributed by atoms with van der Waals surface area (Å²) < 4.78 is 167. The van der Waals surface area contributed by atoms with E-state index >= 15 is 0 Å². The van der Waals surface area contributed by atoms with Crippen molar-refractivity contribution in [3.8, 4) is 11.5 Å². The van der Waals surface area contributed by atoms with Gasteiger partial charge >= 0.3 is 24.7 Å². The van der Waals surface area contributed by atoms with Crippen molar-refractivity contribution in [1.29, 1.82) is 0 Å². The summed E-state index contributed by atoms with van der Waals surface area (Å²) in [5.41, 5.74) is -18.1. The molecular weight excluding hydrogens is 488 g/mol. The molecule has 0 spiro atoms. The molecule has 0 aliphatic rings. The van der Waals surface area contributed by atoms with Gasteiger partial charge in [0, 0.05) is 0 Å². The molecule has 0 saturated heterocycles. The topological polar surface area (TPSA) is 40.5 Å². The second-order valence-corrected chi connectivity index (χ2v) is 7.11. The summed E-state index contributed by atoms with van der Waals surface area (Å²) in [6, 6.07) is -1.51. The number of aryl methyl sites for hydroxylation is 2. The Kier molecular flexibility index (Phi) is 6.11. The van der Waals surface area contributed by atoms with Gasteiger partial charge < -0.3 is 10.2 Å². The van der Waals surface area contributed by atoms with Gasteiger partial charge in [0.05, 0.1) is 11.1 Å². The first-order valence-corrected chi connectivity index (χ1v) is 8.52. The SMILES string of the molecule is Cc1cc(C(F)(F)F)c(C(c2cc(O)c(C)cc2C(F)(F)F)(C(F)(F)F)C(F)(F)F)cc1O. The molecule has 0 atom stereocenters. The van der Waals surface area contributed by atoms with Crippen molar-refractivity contribution in [1.82, 2.24) is 0 Å². The lowest BCUT2D eigenvalue weighted by Crippen LogP contribution is -2.56. The van der Waals surface area contributed by atoms with Crippen LogP contribution in [0.4, 0.5) is 52.7 Å². The van der Waals surface area contributed by atoms with Crippen LogP contribution >= 0.6 is 0 Å². The Hall–Kier alpha value is -2.80. The number of rotatable bonds is 2. The van der Waals surface area contributed by atoms with Gasteiger partial charge in [-0.2, -0.15) is 52.7 Å². The summed E-state index contributed by atoms with van der Waals surface area (Å²) in [7, 11) is 0. The van der Waals surface area contributed by atoms with Crippen LogP contribution in [0, 0.1) is 13.8 Å². The summed E-state index contributed by atoms with van der Waals surface area (Å²) >= 11 is 0. The summed E-state index contributed by atoms with van der Waals surface area (Å²) in [5, 5.41) is 19.4. The maximum atomic E-state index is 14.2. The fourth-order valence-corrected chi connectivity index (χ4v) is 3.40. The van der Waals surface area contributed by atoms with Crippen LogP contribution in [0.15, 0.2) is 24.3 Å². The molecule has 0 aliphatic carbocycles. The Morgan fingerprint density at radius 3 is 0.970 bits per heavy atom. The summed E-state index contributed by atoms with van der Waals surface area (Å²) in [6.45, 7) is 1.46. The van der Waals surface area contributed by atoms with Crippen molar-refractivity contribution < 1.29 is 62.9 Å². The maximum Gasteiger partial charge on any atom is 0.416 e. The van der Waals surface area contributed by atoms with E-state index in [0.29, 0.717) is 0 Å². The van der Waals surface area contributed by atoms with E-state index in [2.05, 4.69) is 0 Å². The molecule has 2 aromatic carbocycles. The second kappa shape index (κ2) is 7.62. The normalized spacial score (nSPS) is 14.0. The molecular formula is C19H12F12O2. The van der Waals surface area contributed by atoms with E-state index in [0.717, 1.165) is 13.8 Å². The van der Waals surface area contributed by atoms with Crippen molar-refractivity contribution in [2.24, 2.45) is 0 Å². The summed E-state index contributed by atoms with van der Waals surface area (Å²) in [6.07, 6.45) is -25.5. The first-order chi connectivity index (χ1) is 14.6. The average Bonchev–Trinajstić information content (AvgIpc) is 2.56. The van der Waals surface area contributed by atoms with Crippen molar-refractivity contribution in [2.45, 2.75) is 44.0 Å². The van der Waals surface area contributed by atoms with Gasteiger partial charge in [0.25, 0.3) is 0 Å². The van der Waals surface area contributed by atoms with E-state index < -0.39 is 87.1 Å². The van der Waals surface area contributed by atoms with Crippen LogP contribution in [0.2, 0.25) is 0 Å². The lowest BCUT2D eigenvalue weighted by molar-refractivity contribution is -0.290. The number of benzene rings is 2. The lowest BCUT2D eigenvalue weighted by atomic mass is 9.68. The molecule has 0 bridgehead atoms. The quantitative estimate of drug-likeness (QED) is 0.430. The number of halogens is 12. The maximum absolute atomic E-state index is 14.2. The number of phenols is 2. The molecule has 33 heavy (non-hydrogen) atoms. The molecule has 0 saturated carbocycles. The van der Waals surface area contributed by atoms with Crippen LogP contribution in [0.5, 0.6) is 11.5 Å². The van der Waals surface area contributed by atoms with Crippen LogP contribution in [-0.4, -0.2) is 22.6 Å². The Balaban J connectivity index is 3.35. The Bertz CT molecular complexity index is 973. The minimum Gasteiger partial charge on any atom is -0.508 e. The van der Waals surface area contributed by atoms with Gasteiger partial charge in [-0.3, -0.25) is 0 Å². The van der Waals surface area contributed by atoms with E-state index in [4.69, 9.17) is 0 Å². The molecule has 2 N–H and O–H groups in total. The molecule has 0 radical (unpaired) electrons. The van der Waals surface area contributed by atoms with E-state index in [1.807, 2.05) is 0 Å². The van der Waals surface area contributed by atoms with Crippen LogP contribution in [-0.2, 0) is 17.8 Å². The highest BCUT2D eigenvalue weighted by molar-refractivity contribution is 5.58. The third-order valence-electron chi connectivity index (χ3n) is 4.94. The monoisotopic (exact) mass is 500 g/mol. The molecule has 0 aliphatic heterocycles. The molecule has 14 heteroatoms. The van der Waals surface area contributed by atoms with Crippen LogP contribution in [0.1, 0.15) is 33.4 Å². The second-order valence-electron chi connectivity index (χ2n) is 7.11. The zero-order valence-corrected chi connectivity index (χ0v) is 16.2. The van der Waals surface area contributed by atoms with Gasteiger partial charge in [-0.25, -0.2) is 0 Å². The van der Waals surface area contributed by atoms with Crippen molar-refractivity contribution in [2.75, 3.05) is 0 Å². The minimum absolute atomic E-state index is 0.238. The molecule has 0 unspecified atom stereocenters. The fraction of sp³-hybridized carbons (Fsp3) is 0.368. The van der Waals surface area contributed by atoms with Crippen molar-refractivity contribution >= 4 is 0 Å². The van der Waals surface area contributed by atoms with Crippen LogP contribution < -0.4 is 0 Å². The molecule has 2 aromatic rings. The lowest BCUT2D eigenvalue weighted by Gasteiger charge is -2.41. The standard InChI is InChI=1S/C19H12F12O2/c1-7-3-11(16(20,21)22)9(5-13(7)32)15(18(26,27)28,19(29,30)31)10-6-14(33)8(2)4-12(10)17(23,24)25/h3-6,32-33H,1-2H3. The van der Waals surface area contributed by atoms with Crippen LogP contribution in [0.25, 0.3) is 0 Å². The van der Waals surface area contributed by atoms with Gasteiger partial charge in [0.15, 0.2) is 0 Å². The van der Waals surface area contributed by atoms with Gasteiger partial charge in [-0.15, -0.1) is 0 Å². The highest BCUT2D eigenvalue weighted by Gasteiger charge is 2.75. The molecule has 0 heterocycles. The molecule has 0 fully saturated rings. The highest BCUT2D eigenvalue weighted by Crippen LogP contribution is 2.61. The number of aromatic hydroxyl groups is 2. The van der Waals surface area contributed by atoms with Gasteiger partial charge in [-0.1, -0.05) is 0 Å². The van der Waals surface area contributed by atoms with Crippen molar-refractivity contribution in [3.63, 3.8) is 0 Å². The summed E-state index contributed by atoms with van der Waals surface area (Å²) in [5.74, 6) is -2.92. The highest BCUT2D eigenvalue weighted by atomic mass is 19.4. The van der Waals surface area contributed by atoms with E-state index in [9.17, 15) is 62.9 Å². The van der Waals surface area contributed by atoms with Crippen molar-refractivity contribution in [3.05, 3.63) is 57.6 Å². The zero-order valence-electron chi connectivity index (χ0n) is 16.2. The first kappa shape index (κ1) is 26.5. The minimum atomic E-state index is -6.85. The molecule has 0 amide bonds. The molecule has 184 valence electrons. The molecule has 0 aromatic heterocycles. The van der Waals surface area contributed by atoms with Gasteiger partial charge in [0.1, 0.15) is 11.5 Å². The number of hydrogen-bond donors (Lipinski definition) is 2. The molecule has 2 rings (SSSR count). The van der Waals surface area contributed by atoms with E-state index in [1.165, 1.54) is 0 Å². The smallest absolute Gasteiger partial charge is 0.416 e. The average molecular weight is 500 g/mol. The third-order valence-corrected chi connectivity index (χ3v) is 4.94. The predicted octanol–water partition coefficient (Wildman–Crippen LogP) is 7.16. The largest absolute Gasteiger partial charge is 0.508 e. The van der Waals surface area contributed by atoms with Gasteiger partial charge in [-0.05, 0) is 60.4 Å². The third kappa shape index (κ3) is 4.26. The number of alkyl halides is 12. The Morgan fingerprint density at radius 2 is 0.758 bits per heavy atom. The Labute approximate surface area is 177 Å². The van der Waals surface area contributed by atoms with Crippen LogP contribution in [0.3, 0.4) is 0 Å². The van der Waals surface area contributed by atoms with E-state index in [-0.39, 0.29) is 12.1 Å². The number of phenolic OH excluding ortho intramolecular Hbond substituents is 2. The molecule has 2 nitrogen and oxygen atoms in total.